The van der Waals surface area contributed by atoms with Gasteiger partial charge in [-0.25, -0.2) is 9.37 Å². The molecule has 9 heteroatoms. The van der Waals surface area contributed by atoms with E-state index in [-0.39, 0.29) is 23.7 Å². The molecule has 3 aromatic rings. The molecule has 190 valence electrons. The first-order chi connectivity index (χ1) is 17.4. The molecule has 3 aliphatic rings. The summed E-state index contributed by atoms with van der Waals surface area (Å²) in [6.45, 7) is 1.83. The summed E-state index contributed by atoms with van der Waals surface area (Å²) < 4.78 is 17.0. The highest BCUT2D eigenvalue weighted by Gasteiger charge is 2.51. The summed E-state index contributed by atoms with van der Waals surface area (Å²) in [6, 6.07) is 8.44. The molecule has 4 atom stereocenters. The molecule has 1 aromatic carbocycles. The maximum atomic E-state index is 14.8. The molecule has 6 rings (SSSR count). The Morgan fingerprint density at radius 1 is 1.17 bits per heavy atom. The van der Waals surface area contributed by atoms with Crippen LogP contribution in [-0.2, 0) is 11.3 Å². The molecule has 2 bridgehead atoms. The number of anilines is 3. The van der Waals surface area contributed by atoms with E-state index in [2.05, 4.69) is 73.9 Å². The van der Waals surface area contributed by atoms with Crippen molar-refractivity contribution in [1.82, 2.24) is 24.8 Å². The van der Waals surface area contributed by atoms with Gasteiger partial charge >= 0.3 is 0 Å². The number of amides is 1. The Bertz CT molecular complexity index is 1270. The van der Waals surface area contributed by atoms with Crippen molar-refractivity contribution in [2.75, 3.05) is 31.3 Å². The van der Waals surface area contributed by atoms with Crippen LogP contribution in [0.25, 0.3) is 10.9 Å². The summed E-state index contributed by atoms with van der Waals surface area (Å²) in [5, 5.41) is 10.9. The Hall–Kier alpha value is -3.20. The number of nitrogens with zero attached hydrogens (tertiary/aromatic N) is 4. The fourth-order valence-electron chi connectivity index (χ4n) is 5.98. The predicted octanol–water partition coefficient (Wildman–Crippen LogP) is 3.98. The van der Waals surface area contributed by atoms with Crippen LogP contribution < -0.4 is 16.0 Å². The van der Waals surface area contributed by atoms with E-state index in [1.807, 2.05) is 6.07 Å². The number of hydrogen-bond acceptors (Lipinski definition) is 6. The molecule has 2 aromatic heterocycles. The van der Waals surface area contributed by atoms with Crippen LogP contribution in [0, 0.1) is 23.6 Å². The first-order valence-corrected chi connectivity index (χ1v) is 13.0. The second kappa shape index (κ2) is 9.35. The van der Waals surface area contributed by atoms with Crippen molar-refractivity contribution in [3.8, 4) is 0 Å². The fraction of sp³-hybridized carbons (Fsp3) is 0.519. The third-order valence-corrected chi connectivity index (χ3v) is 8.01. The highest BCUT2D eigenvalue weighted by atomic mass is 19.1. The van der Waals surface area contributed by atoms with Gasteiger partial charge in [-0.05, 0) is 81.6 Å². The Morgan fingerprint density at radius 3 is 2.81 bits per heavy atom. The third-order valence-electron chi connectivity index (χ3n) is 8.01. The number of halogens is 1. The maximum Gasteiger partial charge on any atom is 0.229 e. The zero-order valence-electron chi connectivity index (χ0n) is 20.9. The number of likely N-dealkylation sites (N-methyl/N-ethyl adjacent to an activating group) is 1. The van der Waals surface area contributed by atoms with Crippen molar-refractivity contribution in [3.63, 3.8) is 0 Å². The highest BCUT2D eigenvalue weighted by molar-refractivity contribution is 5.84. The summed E-state index contributed by atoms with van der Waals surface area (Å²) >= 11 is 0. The van der Waals surface area contributed by atoms with Crippen LogP contribution in [0.1, 0.15) is 32.1 Å². The molecule has 3 saturated carbocycles. The molecule has 0 spiro atoms. The van der Waals surface area contributed by atoms with Crippen molar-refractivity contribution in [3.05, 3.63) is 42.5 Å². The lowest BCUT2D eigenvalue weighted by molar-refractivity contribution is -0.127. The molecule has 8 nitrogen and oxygen atoms in total. The minimum absolute atomic E-state index is 0.101. The van der Waals surface area contributed by atoms with Crippen molar-refractivity contribution in [2.24, 2.45) is 17.8 Å². The van der Waals surface area contributed by atoms with Crippen LogP contribution in [0.3, 0.4) is 0 Å². The van der Waals surface area contributed by atoms with Crippen LogP contribution in [-0.4, -0.2) is 58.1 Å². The van der Waals surface area contributed by atoms with Gasteiger partial charge in [0.1, 0.15) is 0 Å². The van der Waals surface area contributed by atoms with Crippen molar-refractivity contribution in [2.45, 2.75) is 50.7 Å². The van der Waals surface area contributed by atoms with Crippen molar-refractivity contribution >= 4 is 34.3 Å². The summed E-state index contributed by atoms with van der Waals surface area (Å²) in [4.78, 5) is 23.8. The Morgan fingerprint density at radius 2 is 2.00 bits per heavy atom. The number of nitrogens with one attached hydrogen (secondary N) is 3. The molecule has 0 aliphatic heterocycles. The highest BCUT2D eigenvalue weighted by Crippen LogP contribution is 2.50. The molecule has 2 heterocycles. The number of hydrogen-bond donors (Lipinski definition) is 3. The molecule has 4 unspecified atom stereocenters. The van der Waals surface area contributed by atoms with Crippen molar-refractivity contribution < 1.29 is 9.18 Å². The standard InChI is InChI=1S/C27H34FN7O/c1-34(2)11-12-35-10-9-16-5-6-20(14-22(16)35)31-27-29-15-21(28)25(33-27)32-24-18-4-3-17(13-18)23(24)26(36)30-19-7-8-19/h5-6,9-10,14-15,17-19,23-24H,3-4,7-8,11-13H2,1-2H3,(H,30,36)(H2,29,31,32,33). The Balaban J connectivity index is 1.20. The van der Waals surface area contributed by atoms with E-state index >= 15 is 0 Å². The monoisotopic (exact) mass is 491 g/mol. The van der Waals surface area contributed by atoms with Gasteiger partial charge in [0.15, 0.2) is 11.6 Å². The lowest BCUT2D eigenvalue weighted by Crippen LogP contribution is -2.45. The largest absolute Gasteiger partial charge is 0.364 e. The second-order valence-corrected chi connectivity index (χ2v) is 10.9. The molecular formula is C27H34FN7O. The first-order valence-electron chi connectivity index (χ1n) is 13.0. The van der Waals surface area contributed by atoms with Crippen LogP contribution in [0.2, 0.25) is 0 Å². The quantitative estimate of drug-likeness (QED) is 0.420. The second-order valence-electron chi connectivity index (χ2n) is 10.9. The van der Waals surface area contributed by atoms with Gasteiger partial charge in [-0.2, -0.15) is 4.98 Å². The SMILES string of the molecule is CN(C)CCn1ccc2ccc(Nc3ncc(F)c(NC4C5CCC(C5)C4C(=O)NC4CC4)n3)cc21. The van der Waals surface area contributed by atoms with Gasteiger partial charge in [-0.1, -0.05) is 6.07 Å². The fourth-order valence-corrected chi connectivity index (χ4v) is 5.98. The van der Waals surface area contributed by atoms with Crippen LogP contribution in [0.15, 0.2) is 36.7 Å². The van der Waals surface area contributed by atoms with Gasteiger partial charge in [0.05, 0.1) is 17.6 Å². The van der Waals surface area contributed by atoms with E-state index in [4.69, 9.17) is 0 Å². The molecular weight excluding hydrogens is 457 g/mol. The van der Waals surface area contributed by atoms with Gasteiger partial charge in [-0.15, -0.1) is 0 Å². The summed E-state index contributed by atoms with van der Waals surface area (Å²) in [5.74, 6) is 0.694. The van der Waals surface area contributed by atoms with Crippen LogP contribution >= 0.6 is 0 Å². The minimum Gasteiger partial charge on any atom is -0.364 e. The molecule has 3 fully saturated rings. The minimum atomic E-state index is -0.502. The molecule has 1 amide bonds. The van der Waals surface area contributed by atoms with E-state index < -0.39 is 5.82 Å². The van der Waals surface area contributed by atoms with E-state index in [9.17, 15) is 9.18 Å². The Kier molecular flexibility index (Phi) is 6.03. The number of carbonyl (C=O) groups excluding carboxylic acids is 1. The van der Waals surface area contributed by atoms with Crippen LogP contribution in [0.4, 0.5) is 21.8 Å². The third kappa shape index (κ3) is 4.64. The normalized spacial score (nSPS) is 25.0. The molecule has 0 saturated heterocycles. The zero-order valence-corrected chi connectivity index (χ0v) is 20.9. The van der Waals surface area contributed by atoms with Gasteiger partial charge in [0.2, 0.25) is 11.9 Å². The zero-order chi connectivity index (χ0) is 24.8. The molecule has 3 aliphatic carbocycles. The first kappa shape index (κ1) is 23.2. The summed E-state index contributed by atoms with van der Waals surface area (Å²) in [7, 11) is 4.13. The molecule has 0 radical (unpaired) electrons. The maximum absolute atomic E-state index is 14.8. The summed E-state index contributed by atoms with van der Waals surface area (Å²) in [5.41, 5.74) is 1.96. The average Bonchev–Trinajstić information content (AvgIpc) is 3.25. The van der Waals surface area contributed by atoms with E-state index in [0.717, 1.165) is 61.8 Å². The molecule has 3 N–H and O–H groups in total. The number of rotatable bonds is 9. The van der Waals surface area contributed by atoms with E-state index in [0.29, 0.717) is 23.8 Å². The van der Waals surface area contributed by atoms with Gasteiger partial charge in [0.25, 0.3) is 0 Å². The number of aromatic nitrogens is 3. The smallest absolute Gasteiger partial charge is 0.229 e. The number of benzene rings is 1. The lowest BCUT2D eigenvalue weighted by atomic mass is 9.83. The lowest BCUT2D eigenvalue weighted by Gasteiger charge is -2.31. The predicted molar refractivity (Wildman–Crippen MR) is 139 cm³/mol. The number of fused-ring (bicyclic) bond motifs is 3. The van der Waals surface area contributed by atoms with Crippen LogP contribution in [0.5, 0.6) is 0 Å². The Labute approximate surface area is 210 Å². The number of carbonyl (C=O) groups is 1. The van der Waals surface area contributed by atoms with E-state index in [1.165, 1.54) is 6.20 Å². The van der Waals surface area contributed by atoms with Gasteiger partial charge in [-0.3, -0.25) is 4.79 Å². The average molecular weight is 492 g/mol. The van der Waals surface area contributed by atoms with Crippen molar-refractivity contribution in [1.29, 1.82) is 0 Å². The summed E-state index contributed by atoms with van der Waals surface area (Å²) in [6.07, 6.45) is 8.58. The molecule has 36 heavy (non-hydrogen) atoms. The van der Waals surface area contributed by atoms with Gasteiger partial charge in [0, 0.05) is 37.1 Å². The topological polar surface area (TPSA) is 87.1 Å². The van der Waals surface area contributed by atoms with E-state index in [1.54, 1.807) is 0 Å². The van der Waals surface area contributed by atoms with Gasteiger partial charge < -0.3 is 25.4 Å².